The van der Waals surface area contributed by atoms with E-state index in [9.17, 15) is 0 Å². The van der Waals surface area contributed by atoms with Gasteiger partial charge in [-0.15, -0.1) is 13.2 Å². The minimum absolute atomic E-state index is 0. The van der Waals surface area contributed by atoms with Crippen LogP contribution < -0.4 is 0 Å². The molecule has 0 radical (unpaired) electrons. The van der Waals surface area contributed by atoms with Crippen LogP contribution in [0.2, 0.25) is 0 Å². The number of rotatable bonds is 0. The summed E-state index contributed by atoms with van der Waals surface area (Å²) >= 11 is 0. The number of nitrogens with one attached hydrogen (secondary N) is 4. The van der Waals surface area contributed by atoms with Crippen LogP contribution in [0, 0.1) is 0 Å². The van der Waals surface area contributed by atoms with E-state index >= 15 is 0 Å². The molecule has 4 heterocycles. The smallest absolute Gasteiger partial charge is 0.0690 e. The van der Waals surface area contributed by atoms with Crippen molar-refractivity contribution < 1.29 is 27.3 Å². The third kappa shape index (κ3) is 19.2. The second-order valence-electron chi connectivity index (χ2n) is 2.63. The van der Waals surface area contributed by atoms with Crippen molar-refractivity contribution in [2.24, 2.45) is 0 Å². The van der Waals surface area contributed by atoms with E-state index in [0.29, 0.717) is 0 Å². The van der Waals surface area contributed by atoms with Crippen LogP contribution >= 0.6 is 0 Å². The standard InChI is InChI=1S/4C2H3N3.C2H4.Cd/c4*1-2-4-5-3-1;1-2;/h4*1-2H,(H,3,4,5);1-2H2;. The molecule has 0 bridgehead atoms. The van der Waals surface area contributed by atoms with Crippen LogP contribution in [0.4, 0.5) is 0 Å². The zero-order valence-electron chi connectivity index (χ0n) is 12.3. The molecule has 4 rings (SSSR count). The molecule has 0 aromatic carbocycles. The quantitative estimate of drug-likeness (QED) is 0.230. The summed E-state index contributed by atoms with van der Waals surface area (Å²) in [4.78, 5) is 0. The fourth-order valence-electron chi connectivity index (χ4n) is 0.667. The summed E-state index contributed by atoms with van der Waals surface area (Å²) < 4.78 is 0. The van der Waals surface area contributed by atoms with Gasteiger partial charge in [-0.3, -0.25) is 0 Å². The van der Waals surface area contributed by atoms with E-state index in [1.54, 1.807) is 49.6 Å². The van der Waals surface area contributed by atoms with Crippen molar-refractivity contribution in [3.8, 4) is 0 Å². The van der Waals surface area contributed by atoms with Crippen LogP contribution in [0.3, 0.4) is 0 Å². The average molecular weight is 417 g/mol. The first-order valence-electron chi connectivity index (χ1n) is 5.69. The van der Waals surface area contributed by atoms with Crippen LogP contribution in [0.15, 0.2) is 62.7 Å². The van der Waals surface area contributed by atoms with E-state index in [2.05, 4.69) is 74.8 Å². The van der Waals surface area contributed by atoms with Gasteiger partial charge in [0.2, 0.25) is 0 Å². The summed E-state index contributed by atoms with van der Waals surface area (Å²) in [7, 11) is 0. The molecule has 4 aromatic heterocycles. The molecule has 0 aliphatic rings. The predicted molar refractivity (Wildman–Crippen MR) is 76.8 cm³/mol. The molecule has 0 unspecified atom stereocenters. The molecule has 4 aromatic rings. The van der Waals surface area contributed by atoms with Crippen molar-refractivity contribution >= 4 is 0 Å². The summed E-state index contributed by atoms with van der Waals surface area (Å²) in [5, 5.41) is 37.3. The molecule has 13 heteroatoms. The Hall–Kier alpha value is -2.78. The van der Waals surface area contributed by atoms with E-state index in [1.165, 1.54) is 0 Å². The van der Waals surface area contributed by atoms with Gasteiger partial charge in [-0.05, 0) is 0 Å². The molecule has 0 aliphatic carbocycles. The molecular weight excluding hydrogens is 401 g/mol. The van der Waals surface area contributed by atoms with Crippen LogP contribution in [0.1, 0.15) is 0 Å². The Morgan fingerprint density at radius 1 is 0.391 bits per heavy atom. The van der Waals surface area contributed by atoms with E-state index in [1.807, 2.05) is 0 Å². The number of aromatic nitrogens is 12. The average Bonchev–Trinajstić information content (AvgIpc) is 3.46. The Morgan fingerprint density at radius 2 is 0.522 bits per heavy atom. The summed E-state index contributed by atoms with van der Waals surface area (Å²) in [5.74, 6) is 0. The monoisotopic (exact) mass is 418 g/mol. The Bertz CT molecular complexity index is 373. The first kappa shape index (κ1) is 22.5. The van der Waals surface area contributed by atoms with Crippen LogP contribution in [-0.2, 0) is 27.3 Å². The van der Waals surface area contributed by atoms with Gasteiger partial charge in [-0.2, -0.15) is 61.6 Å². The van der Waals surface area contributed by atoms with Crippen LogP contribution in [-0.4, -0.2) is 61.6 Å². The van der Waals surface area contributed by atoms with Crippen LogP contribution in [0.25, 0.3) is 0 Å². The second kappa shape index (κ2) is 21.5. The SMILES string of the molecule is C=C.[Cd].c1cn[nH]n1.c1cn[nH]n1.c1cn[nH]n1.c1cn[nH]n1. The summed E-state index contributed by atoms with van der Waals surface area (Å²) in [6.45, 7) is 6.00. The van der Waals surface area contributed by atoms with E-state index in [-0.39, 0.29) is 27.3 Å². The minimum Gasteiger partial charge on any atom is -0.198 e. The first-order valence-corrected chi connectivity index (χ1v) is 5.69. The summed E-state index contributed by atoms with van der Waals surface area (Å²) in [6, 6.07) is 0. The molecule has 0 saturated carbocycles. The van der Waals surface area contributed by atoms with Crippen molar-refractivity contribution in [3.63, 3.8) is 0 Å². The minimum atomic E-state index is 0. The van der Waals surface area contributed by atoms with Crippen molar-refractivity contribution in [2.75, 3.05) is 0 Å². The molecule has 0 amide bonds. The maximum Gasteiger partial charge on any atom is 0.0690 e. The third-order valence-corrected chi connectivity index (χ3v) is 1.32. The second-order valence-corrected chi connectivity index (χ2v) is 2.63. The molecule has 0 atom stereocenters. The van der Waals surface area contributed by atoms with E-state index < -0.39 is 0 Å². The number of hydrogen-bond acceptors (Lipinski definition) is 8. The van der Waals surface area contributed by atoms with Gasteiger partial charge in [0.1, 0.15) is 0 Å². The number of aromatic amines is 4. The van der Waals surface area contributed by atoms with Gasteiger partial charge in [-0.1, -0.05) is 0 Å². The van der Waals surface area contributed by atoms with Crippen molar-refractivity contribution in [2.45, 2.75) is 0 Å². The van der Waals surface area contributed by atoms with Gasteiger partial charge in [0, 0.05) is 27.3 Å². The molecule has 23 heavy (non-hydrogen) atoms. The molecule has 12 nitrogen and oxygen atoms in total. The number of H-pyrrole nitrogens is 4. The first-order chi connectivity index (χ1) is 11.0. The zero-order chi connectivity index (χ0) is 16.1. The molecule has 118 valence electrons. The van der Waals surface area contributed by atoms with E-state index in [4.69, 9.17) is 0 Å². The molecule has 0 saturated heterocycles. The number of hydrogen-bond donors (Lipinski definition) is 4. The maximum absolute atomic E-state index is 3.49. The third-order valence-electron chi connectivity index (χ3n) is 1.32. The van der Waals surface area contributed by atoms with Gasteiger partial charge >= 0.3 is 0 Å². The van der Waals surface area contributed by atoms with Crippen molar-refractivity contribution in [3.05, 3.63) is 62.7 Å². The van der Waals surface area contributed by atoms with Gasteiger partial charge in [0.15, 0.2) is 0 Å². The normalized spacial score (nSPS) is 7.13. The van der Waals surface area contributed by atoms with Crippen LogP contribution in [0.5, 0.6) is 0 Å². The molecule has 0 fully saturated rings. The molecule has 0 spiro atoms. The zero-order valence-corrected chi connectivity index (χ0v) is 16.4. The van der Waals surface area contributed by atoms with Gasteiger partial charge in [0.05, 0.1) is 49.6 Å². The fraction of sp³-hybridized carbons (Fsp3) is 0. The largest absolute Gasteiger partial charge is 0.198 e. The fourth-order valence-corrected chi connectivity index (χ4v) is 0.667. The van der Waals surface area contributed by atoms with Gasteiger partial charge in [-0.25, -0.2) is 0 Å². The topological polar surface area (TPSA) is 166 Å². The molecular formula is C10H16CdN12. The van der Waals surface area contributed by atoms with Gasteiger partial charge < -0.3 is 0 Å². The Balaban J connectivity index is 0. The molecule has 4 N–H and O–H groups in total. The summed E-state index contributed by atoms with van der Waals surface area (Å²) in [6.07, 6.45) is 12.7. The Labute approximate surface area is 151 Å². The Kier molecular flexibility index (Phi) is 21.1. The van der Waals surface area contributed by atoms with E-state index in [0.717, 1.165) is 0 Å². The number of nitrogens with zero attached hydrogens (tertiary/aromatic N) is 8. The molecule has 0 aliphatic heterocycles. The maximum atomic E-state index is 3.49. The summed E-state index contributed by atoms with van der Waals surface area (Å²) in [5.41, 5.74) is 0. The Morgan fingerprint density at radius 3 is 0.565 bits per heavy atom. The van der Waals surface area contributed by atoms with Crippen molar-refractivity contribution in [1.82, 2.24) is 61.6 Å². The predicted octanol–water partition coefficient (Wildman–Crippen LogP) is 0.0185. The van der Waals surface area contributed by atoms with Gasteiger partial charge in [0.25, 0.3) is 0 Å². The van der Waals surface area contributed by atoms with Crippen molar-refractivity contribution in [1.29, 1.82) is 0 Å².